The molecule has 3 N–H and O–H groups in total. The van der Waals surface area contributed by atoms with E-state index in [0.29, 0.717) is 25.7 Å². The molecule has 0 spiro atoms. The minimum Gasteiger partial charge on any atom is -0.462 e. The first-order chi connectivity index (χ1) is 48.4. The Balaban J connectivity index is 5.24. The van der Waals surface area contributed by atoms with Crippen molar-refractivity contribution in [1.29, 1.82) is 0 Å². The van der Waals surface area contributed by atoms with E-state index < -0.39 is 97.5 Å². The van der Waals surface area contributed by atoms with Crippen molar-refractivity contribution in [2.45, 2.75) is 445 Å². The van der Waals surface area contributed by atoms with E-state index in [9.17, 15) is 43.2 Å². The van der Waals surface area contributed by atoms with Gasteiger partial charge in [-0.05, 0) is 37.5 Å². The number of aliphatic hydroxyl groups is 1. The molecule has 100 heavy (non-hydrogen) atoms. The number of ether oxygens (including phenoxy) is 4. The number of rotatable bonds is 80. The summed E-state index contributed by atoms with van der Waals surface area (Å²) in [6.07, 6.45) is 62.5. The van der Waals surface area contributed by atoms with Crippen LogP contribution in [0.5, 0.6) is 0 Å². The van der Waals surface area contributed by atoms with E-state index >= 15 is 0 Å². The molecule has 0 bridgehead atoms. The van der Waals surface area contributed by atoms with Gasteiger partial charge in [0.2, 0.25) is 0 Å². The fourth-order valence-electron chi connectivity index (χ4n) is 12.5. The highest BCUT2D eigenvalue weighted by Gasteiger charge is 2.30. The van der Waals surface area contributed by atoms with Crippen molar-refractivity contribution in [3.8, 4) is 0 Å². The average molecular weight is 1470 g/mol. The number of carbonyl (C=O) groups is 4. The molecule has 0 aromatic rings. The van der Waals surface area contributed by atoms with E-state index in [1.165, 1.54) is 244 Å². The van der Waals surface area contributed by atoms with Gasteiger partial charge in [-0.3, -0.25) is 37.3 Å². The fraction of sp³-hybridized carbons (Fsp3) is 0.951. The van der Waals surface area contributed by atoms with E-state index in [2.05, 4.69) is 41.5 Å². The van der Waals surface area contributed by atoms with E-state index in [1.54, 1.807) is 0 Å². The Labute approximate surface area is 613 Å². The summed E-state index contributed by atoms with van der Waals surface area (Å²) in [5, 5.41) is 10.6. The third kappa shape index (κ3) is 74.3. The number of aliphatic hydroxyl groups excluding tert-OH is 1. The highest BCUT2D eigenvalue weighted by molar-refractivity contribution is 7.47. The summed E-state index contributed by atoms with van der Waals surface area (Å²) < 4.78 is 68.7. The Morgan fingerprint density at radius 3 is 0.680 bits per heavy atom. The number of hydrogen-bond donors (Lipinski definition) is 3. The molecule has 17 nitrogen and oxygen atoms in total. The van der Waals surface area contributed by atoms with Gasteiger partial charge in [-0.15, -0.1) is 0 Å². The SMILES string of the molecule is CCCCCCCCCCCCCCCCCCCCCCC(=O)O[C@H](COC(=O)CCCCCCCCCCCCCCCCCC)COP(=O)(O)OC[C@@H](O)COP(=O)(O)OC[C@@H](COC(=O)CCCCCCCCCCC(C)C)OC(=O)CCCCCCCCCCCCC(C)C. The quantitative estimate of drug-likeness (QED) is 0.0222. The lowest BCUT2D eigenvalue weighted by Crippen LogP contribution is -2.30. The van der Waals surface area contributed by atoms with Gasteiger partial charge in [-0.1, -0.05) is 375 Å². The average Bonchev–Trinajstić information content (AvgIpc) is 0.946. The van der Waals surface area contributed by atoms with Crippen LogP contribution in [0.1, 0.15) is 427 Å². The van der Waals surface area contributed by atoms with Crippen LogP contribution >= 0.6 is 15.6 Å². The van der Waals surface area contributed by atoms with Crippen LogP contribution in [0.15, 0.2) is 0 Å². The molecular formula is C81H158O17P2. The van der Waals surface area contributed by atoms with Crippen LogP contribution in [0.2, 0.25) is 0 Å². The molecule has 0 saturated carbocycles. The van der Waals surface area contributed by atoms with Crippen LogP contribution in [0, 0.1) is 11.8 Å². The standard InChI is InChI=1S/C81H158O17P2/c1-7-9-11-13-15-17-19-21-23-25-26-27-28-30-32-34-39-47-53-59-65-80(85)97-76(69-91-78(83)63-57-51-45-38-33-31-29-24-22-20-18-16-14-12-10-8-2)71-95-99(87,88)93-67-75(82)68-94-100(89,90)96-72-77(70-92-79(84)64-58-52-46-42-41-44-50-56-62-74(5)6)98-81(86)66-60-54-48-40-36-35-37-43-49-55-61-73(3)4/h73-77,82H,7-72H2,1-6H3,(H,87,88)(H,89,90)/t75-,76-,77-/m1/s1. The summed E-state index contributed by atoms with van der Waals surface area (Å²) in [5.41, 5.74) is 0. The molecule has 0 saturated heterocycles. The van der Waals surface area contributed by atoms with Gasteiger partial charge in [0.15, 0.2) is 12.2 Å². The van der Waals surface area contributed by atoms with Crippen LogP contribution in [-0.2, 0) is 65.4 Å². The predicted molar refractivity (Wildman–Crippen MR) is 409 cm³/mol. The lowest BCUT2D eigenvalue weighted by atomic mass is 10.0. The lowest BCUT2D eigenvalue weighted by molar-refractivity contribution is -0.161. The van der Waals surface area contributed by atoms with Crippen LogP contribution in [-0.4, -0.2) is 96.7 Å². The van der Waals surface area contributed by atoms with Crippen molar-refractivity contribution in [2.75, 3.05) is 39.6 Å². The molecule has 0 aromatic heterocycles. The van der Waals surface area contributed by atoms with E-state index in [1.807, 2.05) is 0 Å². The summed E-state index contributed by atoms with van der Waals surface area (Å²) in [4.78, 5) is 73.0. The second-order valence-electron chi connectivity index (χ2n) is 30.1. The first kappa shape index (κ1) is 98.1. The molecule has 5 atom stereocenters. The first-order valence-electron chi connectivity index (χ1n) is 42.0. The van der Waals surface area contributed by atoms with E-state index in [-0.39, 0.29) is 25.7 Å². The maximum Gasteiger partial charge on any atom is 0.472 e. The van der Waals surface area contributed by atoms with E-state index in [4.69, 9.17) is 37.0 Å². The number of phosphoric ester groups is 2. The van der Waals surface area contributed by atoms with Crippen LogP contribution < -0.4 is 0 Å². The van der Waals surface area contributed by atoms with Crippen LogP contribution in [0.25, 0.3) is 0 Å². The molecule has 2 unspecified atom stereocenters. The third-order valence-corrected chi connectivity index (χ3v) is 20.9. The number of hydrogen-bond acceptors (Lipinski definition) is 15. The smallest absolute Gasteiger partial charge is 0.462 e. The van der Waals surface area contributed by atoms with Gasteiger partial charge in [0, 0.05) is 25.7 Å². The Morgan fingerprint density at radius 2 is 0.460 bits per heavy atom. The molecule has 0 heterocycles. The summed E-state index contributed by atoms with van der Waals surface area (Å²) >= 11 is 0. The van der Waals surface area contributed by atoms with Gasteiger partial charge in [0.25, 0.3) is 0 Å². The maximum absolute atomic E-state index is 13.1. The third-order valence-electron chi connectivity index (χ3n) is 19.0. The number of phosphoric acid groups is 2. The predicted octanol–water partition coefficient (Wildman–Crippen LogP) is 24.3. The molecule has 19 heteroatoms. The molecule has 0 aliphatic carbocycles. The van der Waals surface area contributed by atoms with Crippen LogP contribution in [0.4, 0.5) is 0 Å². The Morgan fingerprint density at radius 1 is 0.270 bits per heavy atom. The zero-order valence-electron chi connectivity index (χ0n) is 65.5. The fourth-order valence-corrected chi connectivity index (χ4v) is 14.1. The topological polar surface area (TPSA) is 237 Å². The Bertz CT molecular complexity index is 1920. The molecular weight excluding hydrogens is 1310 g/mol. The van der Waals surface area contributed by atoms with Gasteiger partial charge in [-0.25, -0.2) is 9.13 Å². The van der Waals surface area contributed by atoms with Crippen molar-refractivity contribution < 1.29 is 80.2 Å². The molecule has 0 aromatic carbocycles. The van der Waals surface area contributed by atoms with E-state index in [0.717, 1.165) is 102 Å². The first-order valence-corrected chi connectivity index (χ1v) is 45.0. The molecule has 0 aliphatic rings. The largest absolute Gasteiger partial charge is 0.472 e. The number of unbranched alkanes of at least 4 members (excludes halogenated alkanes) is 50. The van der Waals surface area contributed by atoms with Gasteiger partial charge < -0.3 is 33.8 Å². The minimum absolute atomic E-state index is 0.106. The van der Waals surface area contributed by atoms with Crippen molar-refractivity contribution >= 4 is 39.5 Å². The highest BCUT2D eigenvalue weighted by atomic mass is 31.2. The molecule has 0 fully saturated rings. The highest BCUT2D eigenvalue weighted by Crippen LogP contribution is 2.45. The van der Waals surface area contributed by atoms with Gasteiger partial charge in [0.1, 0.15) is 19.3 Å². The molecule has 0 amide bonds. The molecule has 594 valence electrons. The number of esters is 4. The van der Waals surface area contributed by atoms with Crippen LogP contribution in [0.3, 0.4) is 0 Å². The maximum atomic E-state index is 13.1. The normalized spacial score (nSPS) is 13.9. The van der Waals surface area contributed by atoms with Crippen molar-refractivity contribution in [2.24, 2.45) is 11.8 Å². The summed E-state index contributed by atoms with van der Waals surface area (Å²) in [7, 11) is -9.92. The monoisotopic (exact) mass is 1470 g/mol. The molecule has 0 aliphatic heterocycles. The summed E-state index contributed by atoms with van der Waals surface area (Å²) in [5.74, 6) is -0.631. The van der Waals surface area contributed by atoms with Crippen molar-refractivity contribution in [3.05, 3.63) is 0 Å². The number of carbonyl (C=O) groups excluding carboxylic acids is 4. The Kier molecular flexibility index (Phi) is 71.2. The minimum atomic E-state index is -4.96. The molecule has 0 rings (SSSR count). The lowest BCUT2D eigenvalue weighted by Gasteiger charge is -2.21. The van der Waals surface area contributed by atoms with Gasteiger partial charge >= 0.3 is 39.5 Å². The summed E-state index contributed by atoms with van der Waals surface area (Å²) in [6, 6.07) is 0. The zero-order valence-corrected chi connectivity index (χ0v) is 67.3. The second-order valence-corrected chi connectivity index (χ2v) is 33.0. The van der Waals surface area contributed by atoms with Gasteiger partial charge in [-0.2, -0.15) is 0 Å². The molecule has 0 radical (unpaired) electrons. The second kappa shape index (κ2) is 72.6. The van der Waals surface area contributed by atoms with Crippen molar-refractivity contribution in [1.82, 2.24) is 0 Å². The zero-order chi connectivity index (χ0) is 73.5. The van der Waals surface area contributed by atoms with Gasteiger partial charge in [0.05, 0.1) is 26.4 Å². The Hall–Kier alpha value is -1.94. The summed E-state index contributed by atoms with van der Waals surface area (Å²) in [6.45, 7) is 9.59. The van der Waals surface area contributed by atoms with Crippen molar-refractivity contribution in [3.63, 3.8) is 0 Å².